The average molecular weight is 389 g/mol. The van der Waals surface area contributed by atoms with Gasteiger partial charge in [-0.25, -0.2) is 0 Å². The van der Waals surface area contributed by atoms with Gasteiger partial charge in [-0.2, -0.15) is 15.0 Å². The first-order valence-corrected chi connectivity index (χ1v) is 9.88. The topological polar surface area (TPSA) is 57.2 Å². The molecule has 1 N–H and O–H groups in total. The highest BCUT2D eigenvalue weighted by atomic mass is 35.5. The van der Waals surface area contributed by atoms with Crippen molar-refractivity contribution >= 4 is 35.9 Å². The molecule has 1 aromatic carbocycles. The molecule has 2 aromatic rings. The molecule has 0 spiro atoms. The molecule has 2 aliphatic heterocycles. The molecule has 6 nitrogen and oxygen atoms in total. The Morgan fingerprint density at radius 2 is 1.33 bits per heavy atom. The van der Waals surface area contributed by atoms with Crippen LogP contribution in [-0.2, 0) is 0 Å². The number of hydrogen-bond donors (Lipinski definition) is 1. The Bertz CT molecular complexity index is 705. The molecule has 0 radical (unpaired) electrons. The summed E-state index contributed by atoms with van der Waals surface area (Å²) in [4.78, 5) is 18.9. The third kappa shape index (κ3) is 5.01. The van der Waals surface area contributed by atoms with Crippen molar-refractivity contribution in [1.82, 2.24) is 15.0 Å². The number of nitrogens with zero attached hydrogens (tertiary/aromatic N) is 5. The SMILES string of the molecule is Cc1cccc(Nc2nc(N3CCCCC3)nc(N3CCCCC3)n2)c1.Cl. The van der Waals surface area contributed by atoms with E-state index in [1.807, 2.05) is 0 Å². The van der Waals surface area contributed by atoms with Crippen molar-refractivity contribution in [2.45, 2.75) is 45.4 Å². The van der Waals surface area contributed by atoms with Gasteiger partial charge in [0, 0.05) is 31.9 Å². The standard InChI is InChI=1S/C20H28N6.ClH/c1-16-9-8-10-17(15-16)21-18-22-19(25-11-4-2-5-12-25)24-20(23-18)26-13-6-3-7-14-26;/h8-10,15H,2-7,11-14H2,1H3,(H,21,22,23,24);1H. The molecule has 2 fully saturated rings. The lowest BCUT2D eigenvalue weighted by molar-refractivity contribution is 0.556. The third-order valence-corrected chi connectivity index (χ3v) is 5.16. The summed E-state index contributed by atoms with van der Waals surface area (Å²) in [6.07, 6.45) is 7.46. The summed E-state index contributed by atoms with van der Waals surface area (Å²) in [5.41, 5.74) is 2.24. The Morgan fingerprint density at radius 1 is 0.778 bits per heavy atom. The molecule has 0 bridgehead atoms. The van der Waals surface area contributed by atoms with Gasteiger partial charge in [-0.05, 0) is 63.1 Å². The minimum atomic E-state index is 0. The van der Waals surface area contributed by atoms with Crippen LogP contribution in [0.3, 0.4) is 0 Å². The molecule has 146 valence electrons. The predicted octanol–water partition coefficient (Wildman–Crippen LogP) is 4.33. The van der Waals surface area contributed by atoms with Gasteiger partial charge in [0.05, 0.1) is 0 Å². The first-order chi connectivity index (χ1) is 12.8. The minimum Gasteiger partial charge on any atom is -0.341 e. The molecule has 3 heterocycles. The Kier molecular flexibility index (Phi) is 6.72. The van der Waals surface area contributed by atoms with Gasteiger partial charge < -0.3 is 15.1 Å². The maximum absolute atomic E-state index is 4.83. The second-order valence-corrected chi connectivity index (χ2v) is 7.35. The molecular formula is C20H29ClN6. The van der Waals surface area contributed by atoms with Crippen molar-refractivity contribution in [1.29, 1.82) is 0 Å². The van der Waals surface area contributed by atoms with Crippen LogP contribution >= 0.6 is 12.4 Å². The summed E-state index contributed by atoms with van der Waals surface area (Å²) < 4.78 is 0. The van der Waals surface area contributed by atoms with Crippen LogP contribution in [0.25, 0.3) is 0 Å². The molecule has 27 heavy (non-hydrogen) atoms. The van der Waals surface area contributed by atoms with Gasteiger partial charge in [0.15, 0.2) is 0 Å². The van der Waals surface area contributed by atoms with Crippen LogP contribution < -0.4 is 15.1 Å². The molecule has 0 unspecified atom stereocenters. The van der Waals surface area contributed by atoms with Crippen LogP contribution in [0, 0.1) is 6.92 Å². The van der Waals surface area contributed by atoms with Crippen molar-refractivity contribution in [3.05, 3.63) is 29.8 Å². The van der Waals surface area contributed by atoms with Gasteiger partial charge in [-0.1, -0.05) is 12.1 Å². The summed E-state index contributed by atoms with van der Waals surface area (Å²) >= 11 is 0. The van der Waals surface area contributed by atoms with Crippen LogP contribution in [0.4, 0.5) is 23.5 Å². The van der Waals surface area contributed by atoms with Gasteiger partial charge in [0.1, 0.15) is 0 Å². The van der Waals surface area contributed by atoms with E-state index >= 15 is 0 Å². The number of benzene rings is 1. The molecule has 7 heteroatoms. The molecular weight excluding hydrogens is 360 g/mol. The molecule has 0 amide bonds. The summed E-state index contributed by atoms with van der Waals surface area (Å²) in [5.74, 6) is 2.28. The molecule has 1 aromatic heterocycles. The van der Waals surface area contributed by atoms with E-state index in [2.05, 4.69) is 46.3 Å². The third-order valence-electron chi connectivity index (χ3n) is 5.16. The number of aryl methyl sites for hydroxylation is 1. The smallest absolute Gasteiger partial charge is 0.233 e. The summed E-state index contributed by atoms with van der Waals surface area (Å²) in [6, 6.07) is 8.32. The lowest BCUT2D eigenvalue weighted by Crippen LogP contribution is -2.34. The average Bonchev–Trinajstić information content (AvgIpc) is 2.69. The second kappa shape index (κ2) is 9.22. The fourth-order valence-electron chi connectivity index (χ4n) is 3.73. The van der Waals surface area contributed by atoms with Gasteiger partial charge in [-0.3, -0.25) is 0 Å². The van der Waals surface area contributed by atoms with Crippen molar-refractivity contribution in [2.75, 3.05) is 41.3 Å². The highest BCUT2D eigenvalue weighted by molar-refractivity contribution is 5.85. The van der Waals surface area contributed by atoms with Crippen molar-refractivity contribution in [2.24, 2.45) is 0 Å². The van der Waals surface area contributed by atoms with Gasteiger partial charge in [0.25, 0.3) is 0 Å². The Hall–Kier alpha value is -2.08. The second-order valence-electron chi connectivity index (χ2n) is 7.35. The van der Waals surface area contributed by atoms with Crippen molar-refractivity contribution < 1.29 is 0 Å². The molecule has 0 atom stereocenters. The van der Waals surface area contributed by atoms with E-state index in [1.54, 1.807) is 0 Å². The highest BCUT2D eigenvalue weighted by Crippen LogP contribution is 2.24. The van der Waals surface area contributed by atoms with E-state index in [0.29, 0.717) is 5.95 Å². The van der Waals surface area contributed by atoms with Crippen LogP contribution in [0.1, 0.15) is 44.1 Å². The summed E-state index contributed by atoms with van der Waals surface area (Å²) in [6.45, 7) is 6.23. The van der Waals surface area contributed by atoms with Crippen LogP contribution in [0.15, 0.2) is 24.3 Å². The molecule has 2 aliphatic rings. The van der Waals surface area contributed by atoms with Crippen LogP contribution in [-0.4, -0.2) is 41.1 Å². The number of nitrogens with one attached hydrogen (secondary N) is 1. The Morgan fingerprint density at radius 3 is 1.85 bits per heavy atom. The lowest BCUT2D eigenvalue weighted by atomic mass is 10.1. The fraction of sp³-hybridized carbons (Fsp3) is 0.550. The fourth-order valence-corrected chi connectivity index (χ4v) is 3.73. The predicted molar refractivity (Wildman–Crippen MR) is 114 cm³/mol. The van der Waals surface area contributed by atoms with Crippen LogP contribution in [0.2, 0.25) is 0 Å². The Labute approximate surface area is 167 Å². The number of rotatable bonds is 4. The van der Waals surface area contributed by atoms with E-state index in [1.165, 1.54) is 44.1 Å². The summed E-state index contributed by atoms with van der Waals surface area (Å²) in [7, 11) is 0. The normalized spacial score (nSPS) is 17.4. The first-order valence-electron chi connectivity index (χ1n) is 9.88. The number of anilines is 4. The quantitative estimate of drug-likeness (QED) is 0.841. The van der Waals surface area contributed by atoms with Crippen molar-refractivity contribution in [3.8, 4) is 0 Å². The number of piperidine rings is 2. The van der Waals surface area contributed by atoms with E-state index in [4.69, 9.17) is 15.0 Å². The molecule has 2 saturated heterocycles. The van der Waals surface area contributed by atoms with E-state index < -0.39 is 0 Å². The zero-order valence-corrected chi connectivity index (χ0v) is 16.8. The zero-order chi connectivity index (χ0) is 17.8. The van der Waals surface area contributed by atoms with Gasteiger partial charge in [0.2, 0.25) is 17.8 Å². The van der Waals surface area contributed by atoms with E-state index in [9.17, 15) is 0 Å². The largest absolute Gasteiger partial charge is 0.341 e. The van der Waals surface area contributed by atoms with E-state index in [-0.39, 0.29) is 12.4 Å². The van der Waals surface area contributed by atoms with Crippen LogP contribution in [0.5, 0.6) is 0 Å². The monoisotopic (exact) mass is 388 g/mol. The lowest BCUT2D eigenvalue weighted by Gasteiger charge is -2.30. The van der Waals surface area contributed by atoms with Crippen molar-refractivity contribution in [3.63, 3.8) is 0 Å². The minimum absolute atomic E-state index is 0. The zero-order valence-electron chi connectivity index (χ0n) is 16.0. The van der Waals surface area contributed by atoms with Gasteiger partial charge in [-0.15, -0.1) is 12.4 Å². The molecule has 0 saturated carbocycles. The molecule has 4 rings (SSSR count). The van der Waals surface area contributed by atoms with E-state index in [0.717, 1.165) is 43.8 Å². The Balaban J connectivity index is 0.00000210. The maximum Gasteiger partial charge on any atom is 0.233 e. The number of hydrogen-bond acceptors (Lipinski definition) is 6. The first kappa shape index (κ1) is 19.7. The number of aromatic nitrogens is 3. The highest BCUT2D eigenvalue weighted by Gasteiger charge is 2.20. The van der Waals surface area contributed by atoms with Gasteiger partial charge >= 0.3 is 0 Å². The molecule has 0 aliphatic carbocycles. The maximum atomic E-state index is 4.83. The summed E-state index contributed by atoms with van der Waals surface area (Å²) in [5, 5.41) is 3.39. The number of halogens is 1.